The van der Waals surface area contributed by atoms with Crippen LogP contribution in [0.3, 0.4) is 0 Å². The third kappa shape index (κ3) is 8.12. The second kappa shape index (κ2) is 15.2. The van der Waals surface area contributed by atoms with E-state index < -0.39 is 30.4 Å². The zero-order valence-electron chi connectivity index (χ0n) is 23.8. The fourth-order valence-corrected chi connectivity index (χ4v) is 4.98. The number of ether oxygens (including phenoxy) is 6. The predicted octanol–water partition coefficient (Wildman–Crippen LogP) is 5.65. The molecule has 5 atom stereocenters. The van der Waals surface area contributed by atoms with Crippen LogP contribution in [0.5, 0.6) is 0 Å². The SMILES string of the molecule is COC1(O)O[C@H](COCc2ccccc2)[C@@H](OCc2ccccc2)[C@H](OCc2ccccc2)[C@H]1OCc1ccccc1. The maximum Gasteiger partial charge on any atom is 0.311 e. The van der Waals surface area contributed by atoms with Crippen molar-refractivity contribution in [1.82, 2.24) is 0 Å². The summed E-state index contributed by atoms with van der Waals surface area (Å²) in [5, 5.41) is 11.7. The highest BCUT2D eigenvalue weighted by atomic mass is 16.8. The van der Waals surface area contributed by atoms with E-state index in [0.717, 1.165) is 22.3 Å². The highest BCUT2D eigenvalue weighted by Crippen LogP contribution is 2.36. The molecule has 1 aliphatic heterocycles. The molecule has 1 heterocycles. The van der Waals surface area contributed by atoms with Gasteiger partial charge in [-0.3, -0.25) is 0 Å². The predicted molar refractivity (Wildman–Crippen MR) is 158 cm³/mol. The highest BCUT2D eigenvalue weighted by Gasteiger charge is 2.57. The first-order valence-corrected chi connectivity index (χ1v) is 14.2. The first kappa shape index (κ1) is 30.1. The lowest BCUT2D eigenvalue weighted by Crippen LogP contribution is -2.67. The summed E-state index contributed by atoms with van der Waals surface area (Å²) in [5.41, 5.74) is 3.94. The van der Waals surface area contributed by atoms with Crippen LogP contribution >= 0.6 is 0 Å². The minimum absolute atomic E-state index is 0.136. The number of benzene rings is 4. The highest BCUT2D eigenvalue weighted by molar-refractivity contribution is 5.16. The summed E-state index contributed by atoms with van der Waals surface area (Å²) in [6.07, 6.45) is -3.17. The first-order chi connectivity index (χ1) is 20.6. The summed E-state index contributed by atoms with van der Waals surface area (Å²) >= 11 is 0. The van der Waals surface area contributed by atoms with Gasteiger partial charge in [0.2, 0.25) is 0 Å². The fourth-order valence-electron chi connectivity index (χ4n) is 4.98. The molecule has 42 heavy (non-hydrogen) atoms. The molecule has 0 amide bonds. The molecule has 4 aromatic carbocycles. The number of aliphatic hydroxyl groups is 1. The molecule has 0 aromatic heterocycles. The van der Waals surface area contributed by atoms with Crippen molar-refractivity contribution in [2.45, 2.75) is 56.8 Å². The van der Waals surface area contributed by atoms with Gasteiger partial charge in [0.25, 0.3) is 0 Å². The van der Waals surface area contributed by atoms with Gasteiger partial charge in [-0.2, -0.15) is 0 Å². The summed E-state index contributed by atoms with van der Waals surface area (Å²) in [5.74, 6) is -2.11. The lowest BCUT2D eigenvalue weighted by molar-refractivity contribution is -0.454. The second-order valence-corrected chi connectivity index (χ2v) is 10.2. The Morgan fingerprint density at radius 1 is 0.571 bits per heavy atom. The first-order valence-electron chi connectivity index (χ1n) is 14.2. The molecule has 1 aliphatic rings. The van der Waals surface area contributed by atoms with E-state index in [4.69, 9.17) is 28.4 Å². The van der Waals surface area contributed by atoms with E-state index in [9.17, 15) is 5.11 Å². The Hall–Kier alpha value is -3.40. The van der Waals surface area contributed by atoms with Crippen LogP contribution in [0.4, 0.5) is 0 Å². The maximum atomic E-state index is 11.7. The van der Waals surface area contributed by atoms with Crippen molar-refractivity contribution in [2.75, 3.05) is 13.7 Å². The third-order valence-corrected chi connectivity index (χ3v) is 7.20. The van der Waals surface area contributed by atoms with Crippen LogP contribution in [0.15, 0.2) is 121 Å². The monoisotopic (exact) mass is 570 g/mol. The topological polar surface area (TPSA) is 75.6 Å². The largest absolute Gasteiger partial charge is 0.374 e. The summed E-state index contributed by atoms with van der Waals surface area (Å²) in [6, 6.07) is 39.4. The minimum Gasteiger partial charge on any atom is -0.374 e. The standard InChI is InChI=1S/C35H38O7/c1-37-35(36)34(41-25-30-20-12-5-13-21-30)33(40-24-29-18-10-4-11-19-29)32(39-23-28-16-8-3-9-17-28)31(42-35)26-38-22-27-14-6-2-7-15-27/h2-21,31-34,36H,22-26H2,1H3/t31-,32-,33+,34-,35?/m1/s1. The number of hydrogen-bond donors (Lipinski definition) is 1. The van der Waals surface area contributed by atoms with Crippen LogP contribution in [-0.4, -0.2) is 49.2 Å². The summed E-state index contributed by atoms with van der Waals surface area (Å²) in [7, 11) is 1.39. The molecule has 1 N–H and O–H groups in total. The molecule has 0 bridgehead atoms. The van der Waals surface area contributed by atoms with Crippen LogP contribution in [0.1, 0.15) is 22.3 Å². The third-order valence-electron chi connectivity index (χ3n) is 7.20. The van der Waals surface area contributed by atoms with Crippen molar-refractivity contribution in [3.8, 4) is 0 Å². The second-order valence-electron chi connectivity index (χ2n) is 10.2. The van der Waals surface area contributed by atoms with Crippen LogP contribution < -0.4 is 0 Å². The van der Waals surface area contributed by atoms with Gasteiger partial charge in [-0.05, 0) is 22.3 Å². The quantitative estimate of drug-likeness (QED) is 0.196. The van der Waals surface area contributed by atoms with Gasteiger partial charge in [0.15, 0.2) is 6.10 Å². The molecule has 220 valence electrons. The minimum atomic E-state index is -2.11. The van der Waals surface area contributed by atoms with Crippen molar-refractivity contribution in [3.63, 3.8) is 0 Å². The summed E-state index contributed by atoms with van der Waals surface area (Å²) in [6.45, 7) is 1.31. The molecule has 4 aromatic rings. The average molecular weight is 571 g/mol. The van der Waals surface area contributed by atoms with E-state index in [1.807, 2.05) is 121 Å². The van der Waals surface area contributed by atoms with Gasteiger partial charge in [0, 0.05) is 7.11 Å². The van der Waals surface area contributed by atoms with Gasteiger partial charge >= 0.3 is 5.97 Å². The average Bonchev–Trinajstić information content (AvgIpc) is 3.05. The zero-order valence-corrected chi connectivity index (χ0v) is 23.8. The normalized spacial score (nSPS) is 24.0. The molecule has 7 nitrogen and oxygen atoms in total. The van der Waals surface area contributed by atoms with E-state index in [1.165, 1.54) is 7.11 Å². The van der Waals surface area contributed by atoms with Gasteiger partial charge in [-0.15, -0.1) is 0 Å². The van der Waals surface area contributed by atoms with Gasteiger partial charge in [-0.1, -0.05) is 121 Å². The van der Waals surface area contributed by atoms with Gasteiger partial charge in [0.1, 0.15) is 18.3 Å². The molecule has 1 saturated heterocycles. The number of rotatable bonds is 14. The molecule has 5 rings (SSSR count). The van der Waals surface area contributed by atoms with Crippen molar-refractivity contribution in [3.05, 3.63) is 144 Å². The molecule has 1 fully saturated rings. The van der Waals surface area contributed by atoms with E-state index in [1.54, 1.807) is 0 Å². The van der Waals surface area contributed by atoms with Gasteiger partial charge in [-0.25, -0.2) is 0 Å². The van der Waals surface area contributed by atoms with E-state index in [-0.39, 0.29) is 19.8 Å². The molecule has 0 radical (unpaired) electrons. The molecule has 0 aliphatic carbocycles. The summed E-state index contributed by atoms with van der Waals surface area (Å²) in [4.78, 5) is 0. The van der Waals surface area contributed by atoms with Crippen LogP contribution in [-0.2, 0) is 54.8 Å². The van der Waals surface area contributed by atoms with Crippen molar-refractivity contribution in [1.29, 1.82) is 0 Å². The molecule has 7 heteroatoms. The Balaban J connectivity index is 1.42. The maximum absolute atomic E-state index is 11.7. The van der Waals surface area contributed by atoms with Crippen LogP contribution in [0.25, 0.3) is 0 Å². The van der Waals surface area contributed by atoms with Crippen LogP contribution in [0.2, 0.25) is 0 Å². The van der Waals surface area contributed by atoms with Gasteiger partial charge < -0.3 is 33.5 Å². The van der Waals surface area contributed by atoms with Gasteiger partial charge in [0.05, 0.1) is 33.0 Å². The van der Waals surface area contributed by atoms with Crippen molar-refractivity contribution >= 4 is 0 Å². The van der Waals surface area contributed by atoms with Crippen molar-refractivity contribution in [2.24, 2.45) is 0 Å². The molecule has 1 unspecified atom stereocenters. The van der Waals surface area contributed by atoms with Crippen molar-refractivity contribution < 1.29 is 33.5 Å². The molecular formula is C35H38O7. The van der Waals surface area contributed by atoms with E-state index >= 15 is 0 Å². The Kier molecular flexibility index (Phi) is 10.9. The number of hydrogen-bond acceptors (Lipinski definition) is 7. The lowest BCUT2D eigenvalue weighted by atomic mass is 9.96. The Bertz CT molecular complexity index is 1310. The van der Waals surface area contributed by atoms with Crippen LogP contribution in [0, 0.1) is 0 Å². The molecule has 0 saturated carbocycles. The fraction of sp³-hybridized carbons (Fsp3) is 0.314. The Morgan fingerprint density at radius 2 is 0.976 bits per heavy atom. The lowest BCUT2D eigenvalue weighted by Gasteiger charge is -2.49. The Labute approximate surface area is 247 Å². The smallest absolute Gasteiger partial charge is 0.311 e. The summed E-state index contributed by atoms with van der Waals surface area (Å²) < 4.78 is 37.3. The van der Waals surface area contributed by atoms with E-state index in [2.05, 4.69) is 0 Å². The van der Waals surface area contributed by atoms with E-state index in [0.29, 0.717) is 13.2 Å². The zero-order chi connectivity index (χ0) is 29.0. The molecular weight excluding hydrogens is 532 g/mol. The number of methoxy groups -OCH3 is 1. The molecule has 0 spiro atoms. The Morgan fingerprint density at radius 3 is 1.43 bits per heavy atom.